The molecule has 0 radical (unpaired) electrons. The number of hydrogen-bond donors (Lipinski definition) is 3. The van der Waals surface area contributed by atoms with Crippen LogP contribution in [-0.4, -0.2) is 58.9 Å². The van der Waals surface area contributed by atoms with Crippen molar-refractivity contribution < 1.29 is 9.59 Å². The summed E-state index contributed by atoms with van der Waals surface area (Å²) in [6.07, 6.45) is 7.01. The first-order chi connectivity index (χ1) is 19.4. The summed E-state index contributed by atoms with van der Waals surface area (Å²) < 4.78 is 0. The van der Waals surface area contributed by atoms with E-state index in [2.05, 4.69) is 38.0 Å². The van der Waals surface area contributed by atoms with Gasteiger partial charge in [-0.3, -0.25) is 9.59 Å². The van der Waals surface area contributed by atoms with E-state index in [0.29, 0.717) is 29.3 Å². The average molecular weight is 540 g/mol. The number of carbonyl (C=O) groups is 2. The van der Waals surface area contributed by atoms with Gasteiger partial charge in [-0.25, -0.2) is 4.98 Å². The lowest BCUT2D eigenvalue weighted by Gasteiger charge is -2.36. The minimum atomic E-state index is -0.228. The number of carbonyl (C=O) groups excluding carboxylic acids is 2. The number of hydrogen-bond acceptors (Lipinski definition) is 7. The number of nitrogens with one attached hydrogen (secondary N) is 3. The third-order valence-corrected chi connectivity index (χ3v) is 8.21. The normalized spacial score (nSPS) is 17.2. The molecule has 2 aliphatic carbocycles. The summed E-state index contributed by atoms with van der Waals surface area (Å²) in [7, 11) is 0. The highest BCUT2D eigenvalue weighted by Gasteiger charge is 2.34. The van der Waals surface area contributed by atoms with Crippen LogP contribution < -0.4 is 20.9 Å². The summed E-state index contributed by atoms with van der Waals surface area (Å²) in [6.45, 7) is 7.22. The van der Waals surface area contributed by atoms with Gasteiger partial charge in [-0.1, -0.05) is 18.2 Å². The first kappa shape index (κ1) is 26.1. The molecule has 3 fully saturated rings. The minimum absolute atomic E-state index is 0.228. The van der Waals surface area contributed by atoms with Crippen molar-refractivity contribution in [2.24, 2.45) is 5.92 Å². The van der Waals surface area contributed by atoms with Crippen LogP contribution in [0.25, 0.3) is 0 Å². The summed E-state index contributed by atoms with van der Waals surface area (Å²) in [5.74, 6) is 1.36. The van der Waals surface area contributed by atoms with Crippen molar-refractivity contribution in [2.45, 2.75) is 52.0 Å². The van der Waals surface area contributed by atoms with E-state index in [1.54, 1.807) is 6.20 Å². The molecule has 0 spiro atoms. The maximum absolute atomic E-state index is 13.3. The topological polar surface area (TPSA) is 102 Å². The molecule has 1 saturated heterocycles. The second-order valence-corrected chi connectivity index (χ2v) is 11.2. The first-order valence-corrected chi connectivity index (χ1v) is 14.4. The molecule has 0 unspecified atom stereocenters. The van der Waals surface area contributed by atoms with Crippen LogP contribution in [0, 0.1) is 19.8 Å². The Morgan fingerprint density at radius 1 is 0.900 bits per heavy atom. The number of aryl methyl sites for hydroxylation is 2. The van der Waals surface area contributed by atoms with Crippen LogP contribution >= 0.6 is 0 Å². The predicted octanol–water partition coefficient (Wildman–Crippen LogP) is 5.11. The van der Waals surface area contributed by atoms with Gasteiger partial charge in [0.1, 0.15) is 11.4 Å². The fourth-order valence-electron chi connectivity index (χ4n) is 5.31. The monoisotopic (exact) mass is 539 g/mol. The van der Waals surface area contributed by atoms with Gasteiger partial charge in [0.15, 0.2) is 0 Å². The third-order valence-electron chi connectivity index (χ3n) is 8.21. The van der Waals surface area contributed by atoms with Gasteiger partial charge < -0.3 is 25.8 Å². The fraction of sp³-hybridized carbons (Fsp3) is 0.419. The standard InChI is InChI=1S/C31H37N7O2/c1-20-5-3-6-21(2)27(20)35-29(39)26-19-32-31(36-28(26)33-23-7-4-8-23)34-24-11-13-25(14-12-24)37-15-17-38(18-16-37)30(40)22-9-10-22/h3,5-6,11-14,19,22-23H,4,7-10,15-18H2,1-2H3,(H,35,39)(H2,32,33,34,36). The Labute approximate surface area is 235 Å². The molecule has 6 rings (SSSR count). The minimum Gasteiger partial charge on any atom is -0.368 e. The molecule has 9 nitrogen and oxygen atoms in total. The molecule has 1 aromatic heterocycles. The molecule has 2 saturated carbocycles. The number of piperazine rings is 1. The van der Waals surface area contributed by atoms with Crippen LogP contribution in [0.1, 0.15) is 53.6 Å². The summed E-state index contributed by atoms with van der Waals surface area (Å²) in [4.78, 5) is 39.2. The Hall–Kier alpha value is -4.14. The van der Waals surface area contributed by atoms with Gasteiger partial charge in [0.05, 0.1) is 0 Å². The summed E-state index contributed by atoms with van der Waals surface area (Å²) in [5.41, 5.74) is 5.27. The van der Waals surface area contributed by atoms with Crippen LogP contribution in [-0.2, 0) is 4.79 Å². The van der Waals surface area contributed by atoms with Gasteiger partial charge in [-0.15, -0.1) is 0 Å². The molecule has 1 aliphatic heterocycles. The number of anilines is 5. The molecular formula is C31H37N7O2. The molecule has 208 valence electrons. The quantitative estimate of drug-likeness (QED) is 0.365. The molecular weight excluding hydrogens is 502 g/mol. The zero-order valence-electron chi connectivity index (χ0n) is 23.2. The van der Waals surface area contributed by atoms with E-state index in [1.807, 2.05) is 49.1 Å². The summed E-state index contributed by atoms with van der Waals surface area (Å²) >= 11 is 0. The predicted molar refractivity (Wildman–Crippen MR) is 158 cm³/mol. The Bertz CT molecular complexity index is 1370. The van der Waals surface area contributed by atoms with Crippen molar-refractivity contribution in [3.8, 4) is 0 Å². The van der Waals surface area contributed by atoms with E-state index in [1.165, 1.54) is 6.42 Å². The number of para-hydroxylation sites is 1. The zero-order valence-corrected chi connectivity index (χ0v) is 23.2. The highest BCUT2D eigenvalue weighted by atomic mass is 16.2. The molecule has 0 atom stereocenters. The fourth-order valence-corrected chi connectivity index (χ4v) is 5.31. The Kier molecular flexibility index (Phi) is 7.28. The lowest BCUT2D eigenvalue weighted by Crippen LogP contribution is -2.49. The van der Waals surface area contributed by atoms with Gasteiger partial charge in [0, 0.05) is 61.4 Å². The first-order valence-electron chi connectivity index (χ1n) is 14.4. The van der Waals surface area contributed by atoms with Gasteiger partial charge >= 0.3 is 0 Å². The van der Waals surface area contributed by atoms with Gasteiger partial charge in [-0.2, -0.15) is 4.98 Å². The van der Waals surface area contributed by atoms with Gasteiger partial charge in [0.2, 0.25) is 11.9 Å². The van der Waals surface area contributed by atoms with E-state index < -0.39 is 0 Å². The van der Waals surface area contributed by atoms with E-state index in [4.69, 9.17) is 4.98 Å². The maximum atomic E-state index is 13.3. The highest BCUT2D eigenvalue weighted by molar-refractivity contribution is 6.08. The SMILES string of the molecule is Cc1cccc(C)c1NC(=O)c1cnc(Nc2ccc(N3CCN(C(=O)C4CC4)CC3)cc2)nc1NC1CCC1. The smallest absolute Gasteiger partial charge is 0.261 e. The Morgan fingerprint density at radius 2 is 1.60 bits per heavy atom. The van der Waals surface area contributed by atoms with Crippen molar-refractivity contribution >= 4 is 40.6 Å². The highest BCUT2D eigenvalue weighted by Crippen LogP contribution is 2.32. The van der Waals surface area contributed by atoms with Crippen molar-refractivity contribution in [3.63, 3.8) is 0 Å². The summed E-state index contributed by atoms with van der Waals surface area (Å²) in [5, 5.41) is 9.81. The molecule has 3 aromatic rings. The van der Waals surface area contributed by atoms with E-state index >= 15 is 0 Å². The van der Waals surface area contributed by atoms with Crippen LogP contribution in [0.3, 0.4) is 0 Å². The van der Waals surface area contributed by atoms with E-state index in [-0.39, 0.29) is 11.8 Å². The number of aromatic nitrogens is 2. The molecule has 3 aliphatic rings. The Morgan fingerprint density at radius 3 is 2.23 bits per heavy atom. The van der Waals surface area contributed by atoms with Crippen LogP contribution in [0.5, 0.6) is 0 Å². The second-order valence-electron chi connectivity index (χ2n) is 11.2. The van der Waals surface area contributed by atoms with Crippen molar-refractivity contribution in [1.82, 2.24) is 14.9 Å². The second kappa shape index (κ2) is 11.2. The Balaban J connectivity index is 1.13. The van der Waals surface area contributed by atoms with E-state index in [9.17, 15) is 9.59 Å². The van der Waals surface area contributed by atoms with Gasteiger partial charge in [-0.05, 0) is 81.3 Å². The van der Waals surface area contributed by atoms with Gasteiger partial charge in [0.25, 0.3) is 5.91 Å². The molecule has 2 heterocycles. The lowest BCUT2D eigenvalue weighted by atomic mass is 9.93. The molecule has 3 N–H and O–H groups in total. The number of benzene rings is 2. The maximum Gasteiger partial charge on any atom is 0.261 e. The summed E-state index contributed by atoms with van der Waals surface area (Å²) in [6, 6.07) is 14.5. The number of rotatable bonds is 8. The van der Waals surface area contributed by atoms with Crippen LogP contribution in [0.2, 0.25) is 0 Å². The van der Waals surface area contributed by atoms with Crippen LogP contribution in [0.15, 0.2) is 48.7 Å². The number of amides is 2. The average Bonchev–Trinajstić information content (AvgIpc) is 3.79. The zero-order chi connectivity index (χ0) is 27.6. The van der Waals surface area contributed by atoms with Crippen molar-refractivity contribution in [3.05, 3.63) is 65.4 Å². The largest absolute Gasteiger partial charge is 0.368 e. The molecule has 2 aromatic carbocycles. The van der Waals surface area contributed by atoms with Crippen molar-refractivity contribution in [2.75, 3.05) is 47.0 Å². The number of nitrogens with zero attached hydrogens (tertiary/aromatic N) is 4. The lowest BCUT2D eigenvalue weighted by molar-refractivity contribution is -0.132. The van der Waals surface area contributed by atoms with Crippen LogP contribution in [0.4, 0.5) is 28.8 Å². The van der Waals surface area contributed by atoms with E-state index in [0.717, 1.165) is 80.1 Å². The molecule has 9 heteroatoms. The molecule has 2 amide bonds. The third kappa shape index (κ3) is 5.73. The molecule has 40 heavy (non-hydrogen) atoms. The molecule has 0 bridgehead atoms. The van der Waals surface area contributed by atoms with Crippen molar-refractivity contribution in [1.29, 1.82) is 0 Å².